The van der Waals surface area contributed by atoms with Crippen LogP contribution in [0.4, 0.5) is 4.39 Å². The smallest absolute Gasteiger partial charge is 0.147 e. The summed E-state index contributed by atoms with van der Waals surface area (Å²) in [6, 6.07) is 5.17. The zero-order valence-electron chi connectivity index (χ0n) is 6.09. The topological polar surface area (TPSA) is 49.8 Å². The summed E-state index contributed by atoms with van der Waals surface area (Å²) in [5.74, 6) is -0.617. The van der Waals surface area contributed by atoms with Crippen LogP contribution >= 0.6 is 11.6 Å². The second-order valence-corrected chi connectivity index (χ2v) is 2.66. The van der Waals surface area contributed by atoms with Crippen LogP contribution in [0.5, 0.6) is 0 Å². The fraction of sp³-hybridized carbons (Fsp3) is 0.125. The minimum Gasteiger partial charge on any atom is -0.312 e. The standard InChI is InChI=1S/C8H6ClFN2/c9-6-3-1-2-5(8(6)10)7(12)4-11/h1-3,7H,12H2/t7-/m1/s1. The Kier molecular flexibility index (Phi) is 2.64. The van der Waals surface area contributed by atoms with Crippen LogP contribution in [0, 0.1) is 17.1 Å². The maximum absolute atomic E-state index is 13.1. The summed E-state index contributed by atoms with van der Waals surface area (Å²) in [5.41, 5.74) is 5.43. The summed E-state index contributed by atoms with van der Waals surface area (Å²) in [4.78, 5) is 0. The summed E-state index contributed by atoms with van der Waals surface area (Å²) in [5, 5.41) is 8.40. The van der Waals surface area contributed by atoms with Gasteiger partial charge in [0.15, 0.2) is 0 Å². The fourth-order valence-corrected chi connectivity index (χ4v) is 1.01. The summed E-state index contributed by atoms with van der Waals surface area (Å²) >= 11 is 5.47. The van der Waals surface area contributed by atoms with Crippen molar-refractivity contribution in [2.45, 2.75) is 6.04 Å². The molecule has 0 amide bonds. The Balaban J connectivity index is 3.18. The van der Waals surface area contributed by atoms with E-state index in [9.17, 15) is 4.39 Å². The number of nitrogens with zero attached hydrogens (tertiary/aromatic N) is 1. The van der Waals surface area contributed by atoms with Crippen LogP contribution in [-0.4, -0.2) is 0 Å². The number of hydrogen-bond donors (Lipinski definition) is 1. The van der Waals surface area contributed by atoms with Crippen molar-refractivity contribution in [2.24, 2.45) is 5.73 Å². The van der Waals surface area contributed by atoms with Crippen molar-refractivity contribution in [3.05, 3.63) is 34.6 Å². The molecule has 0 fully saturated rings. The molecule has 0 aliphatic rings. The third-order valence-corrected chi connectivity index (χ3v) is 1.75. The second kappa shape index (κ2) is 3.53. The molecule has 0 heterocycles. The first-order chi connectivity index (χ1) is 5.66. The zero-order chi connectivity index (χ0) is 9.14. The molecule has 1 aromatic rings. The second-order valence-electron chi connectivity index (χ2n) is 2.25. The molecule has 1 atom stereocenters. The van der Waals surface area contributed by atoms with Crippen LogP contribution in [0.1, 0.15) is 11.6 Å². The molecule has 4 heteroatoms. The molecular formula is C8H6ClFN2. The van der Waals surface area contributed by atoms with Gasteiger partial charge >= 0.3 is 0 Å². The van der Waals surface area contributed by atoms with Crippen LogP contribution in [-0.2, 0) is 0 Å². The molecule has 0 aromatic heterocycles. The molecule has 1 aromatic carbocycles. The number of halogens is 2. The van der Waals surface area contributed by atoms with Gasteiger partial charge in [0.1, 0.15) is 11.9 Å². The predicted octanol–water partition coefficient (Wildman–Crippen LogP) is 2.00. The Bertz CT molecular complexity index is 332. The molecule has 0 aliphatic carbocycles. The Morgan fingerprint density at radius 2 is 2.25 bits per heavy atom. The largest absolute Gasteiger partial charge is 0.312 e. The van der Waals surface area contributed by atoms with Crippen molar-refractivity contribution >= 4 is 11.6 Å². The first kappa shape index (κ1) is 8.98. The van der Waals surface area contributed by atoms with Gasteiger partial charge in [-0.2, -0.15) is 5.26 Å². The van der Waals surface area contributed by atoms with E-state index in [1.165, 1.54) is 12.1 Å². The maximum atomic E-state index is 13.1. The van der Waals surface area contributed by atoms with Gasteiger partial charge in [0.05, 0.1) is 11.1 Å². The van der Waals surface area contributed by atoms with Crippen molar-refractivity contribution in [3.8, 4) is 6.07 Å². The molecule has 0 saturated carbocycles. The van der Waals surface area contributed by atoms with Crippen LogP contribution in [0.15, 0.2) is 18.2 Å². The van der Waals surface area contributed by atoms with Gasteiger partial charge in [-0.1, -0.05) is 23.7 Å². The molecule has 2 nitrogen and oxygen atoms in total. The third-order valence-electron chi connectivity index (χ3n) is 1.46. The lowest BCUT2D eigenvalue weighted by atomic mass is 10.1. The molecule has 0 radical (unpaired) electrons. The SMILES string of the molecule is N#C[C@@H](N)c1cccc(Cl)c1F. The molecule has 12 heavy (non-hydrogen) atoms. The molecule has 0 bridgehead atoms. The van der Waals surface area contributed by atoms with Gasteiger partial charge in [0.25, 0.3) is 0 Å². The lowest BCUT2D eigenvalue weighted by Gasteiger charge is -2.04. The van der Waals surface area contributed by atoms with E-state index in [4.69, 9.17) is 22.6 Å². The molecular weight excluding hydrogens is 179 g/mol. The van der Waals surface area contributed by atoms with Gasteiger partial charge < -0.3 is 5.73 Å². The quantitative estimate of drug-likeness (QED) is 0.726. The van der Waals surface area contributed by atoms with Crippen LogP contribution in [0.2, 0.25) is 5.02 Å². The molecule has 2 N–H and O–H groups in total. The van der Waals surface area contributed by atoms with E-state index in [0.29, 0.717) is 0 Å². The number of nitriles is 1. The predicted molar refractivity (Wildman–Crippen MR) is 44.0 cm³/mol. The highest BCUT2D eigenvalue weighted by Gasteiger charge is 2.11. The summed E-state index contributed by atoms with van der Waals surface area (Å²) in [6.45, 7) is 0. The summed E-state index contributed by atoms with van der Waals surface area (Å²) < 4.78 is 13.1. The lowest BCUT2D eigenvalue weighted by molar-refractivity contribution is 0.604. The Hall–Kier alpha value is -1.11. The zero-order valence-corrected chi connectivity index (χ0v) is 6.85. The Morgan fingerprint density at radius 1 is 1.58 bits per heavy atom. The van der Waals surface area contributed by atoms with E-state index in [0.717, 1.165) is 0 Å². The van der Waals surface area contributed by atoms with E-state index in [1.54, 1.807) is 12.1 Å². The molecule has 0 unspecified atom stereocenters. The van der Waals surface area contributed by atoms with E-state index < -0.39 is 11.9 Å². The number of rotatable bonds is 1. The average molecular weight is 185 g/mol. The maximum Gasteiger partial charge on any atom is 0.147 e. The third kappa shape index (κ3) is 1.55. The Labute approximate surface area is 74.4 Å². The number of hydrogen-bond acceptors (Lipinski definition) is 2. The van der Waals surface area contributed by atoms with Gasteiger partial charge in [0.2, 0.25) is 0 Å². The highest BCUT2D eigenvalue weighted by molar-refractivity contribution is 6.30. The first-order valence-corrected chi connectivity index (χ1v) is 3.63. The lowest BCUT2D eigenvalue weighted by Crippen LogP contribution is -2.09. The molecule has 62 valence electrons. The summed E-state index contributed by atoms with van der Waals surface area (Å²) in [7, 11) is 0. The van der Waals surface area contributed by atoms with E-state index in [1.807, 2.05) is 0 Å². The fourth-order valence-electron chi connectivity index (χ4n) is 0.830. The van der Waals surface area contributed by atoms with Crippen molar-refractivity contribution in [1.82, 2.24) is 0 Å². The molecule has 0 saturated heterocycles. The molecule has 0 aliphatic heterocycles. The van der Waals surface area contributed by atoms with Crippen molar-refractivity contribution < 1.29 is 4.39 Å². The Morgan fingerprint density at radius 3 is 2.83 bits per heavy atom. The number of benzene rings is 1. The van der Waals surface area contributed by atoms with Gasteiger partial charge in [-0.05, 0) is 6.07 Å². The van der Waals surface area contributed by atoms with E-state index in [-0.39, 0.29) is 10.6 Å². The highest BCUT2D eigenvalue weighted by atomic mass is 35.5. The van der Waals surface area contributed by atoms with E-state index in [2.05, 4.69) is 0 Å². The highest BCUT2D eigenvalue weighted by Crippen LogP contribution is 2.21. The number of nitrogens with two attached hydrogens (primary N) is 1. The van der Waals surface area contributed by atoms with Crippen molar-refractivity contribution in [2.75, 3.05) is 0 Å². The molecule has 1 rings (SSSR count). The van der Waals surface area contributed by atoms with Crippen molar-refractivity contribution in [1.29, 1.82) is 5.26 Å². The molecule has 0 spiro atoms. The monoisotopic (exact) mass is 184 g/mol. The first-order valence-electron chi connectivity index (χ1n) is 3.26. The van der Waals surface area contributed by atoms with E-state index >= 15 is 0 Å². The van der Waals surface area contributed by atoms with Gasteiger partial charge in [-0.15, -0.1) is 0 Å². The average Bonchev–Trinajstić information content (AvgIpc) is 2.08. The van der Waals surface area contributed by atoms with Gasteiger partial charge in [-0.3, -0.25) is 0 Å². The van der Waals surface area contributed by atoms with Gasteiger partial charge in [0, 0.05) is 5.56 Å². The van der Waals surface area contributed by atoms with Crippen LogP contribution < -0.4 is 5.73 Å². The minimum absolute atomic E-state index is 0.0156. The van der Waals surface area contributed by atoms with Crippen molar-refractivity contribution in [3.63, 3.8) is 0 Å². The summed E-state index contributed by atoms with van der Waals surface area (Å²) in [6.07, 6.45) is 0. The van der Waals surface area contributed by atoms with Crippen LogP contribution in [0.3, 0.4) is 0 Å². The van der Waals surface area contributed by atoms with Gasteiger partial charge in [-0.25, -0.2) is 4.39 Å². The van der Waals surface area contributed by atoms with Crippen LogP contribution in [0.25, 0.3) is 0 Å². The normalized spacial score (nSPS) is 12.2. The minimum atomic E-state index is -0.955.